The molecule has 1 aromatic rings. The first-order valence-corrected chi connectivity index (χ1v) is 7.71. The Kier molecular flexibility index (Phi) is 4.60. The Labute approximate surface area is 122 Å². The van der Waals surface area contributed by atoms with Gasteiger partial charge in [-0.05, 0) is 24.1 Å². The van der Waals surface area contributed by atoms with Gasteiger partial charge in [-0.3, -0.25) is 0 Å². The number of nitrogens with two attached hydrogens (primary N) is 1. The number of nitrogen functional groups attached to an aromatic ring is 1. The van der Waals surface area contributed by atoms with E-state index in [1.54, 1.807) is 13.2 Å². The summed E-state index contributed by atoms with van der Waals surface area (Å²) in [6.45, 7) is 0.629. The molecule has 2 rings (SSSR count). The van der Waals surface area contributed by atoms with Crippen molar-refractivity contribution in [3.05, 3.63) is 35.4 Å². The van der Waals surface area contributed by atoms with Crippen molar-refractivity contribution in [1.82, 2.24) is 4.31 Å². The van der Waals surface area contributed by atoms with Gasteiger partial charge in [-0.2, -0.15) is 4.31 Å². The molecular weight excluding hydrogens is 302 g/mol. The SMILES string of the molecule is COCC1=CCN(S(=O)(=O)c2c(F)cc(N)cc2F)CC1. The number of sulfonamides is 1. The summed E-state index contributed by atoms with van der Waals surface area (Å²) in [5.74, 6) is -2.36. The zero-order chi connectivity index (χ0) is 15.6. The number of hydrogen-bond acceptors (Lipinski definition) is 4. The standard InChI is InChI=1S/C13H16F2N2O3S/c1-20-8-9-2-4-17(5-3-9)21(18,19)13-11(14)6-10(16)7-12(13)15/h2,6-7H,3-5,8,16H2,1H3. The molecule has 0 aromatic heterocycles. The third kappa shape index (κ3) is 3.22. The van der Waals surface area contributed by atoms with Gasteiger partial charge in [0.05, 0.1) is 6.61 Å². The first-order chi connectivity index (χ1) is 9.86. The monoisotopic (exact) mass is 318 g/mol. The van der Waals surface area contributed by atoms with E-state index in [1.807, 2.05) is 0 Å². The third-order valence-corrected chi connectivity index (χ3v) is 5.13. The molecule has 1 aliphatic heterocycles. The van der Waals surface area contributed by atoms with Gasteiger partial charge in [-0.25, -0.2) is 17.2 Å². The zero-order valence-electron chi connectivity index (χ0n) is 11.5. The highest BCUT2D eigenvalue weighted by molar-refractivity contribution is 7.89. The number of methoxy groups -OCH3 is 1. The lowest BCUT2D eigenvalue weighted by molar-refractivity contribution is 0.219. The van der Waals surface area contributed by atoms with E-state index in [4.69, 9.17) is 10.5 Å². The molecule has 116 valence electrons. The van der Waals surface area contributed by atoms with E-state index in [2.05, 4.69) is 0 Å². The van der Waals surface area contributed by atoms with E-state index in [-0.39, 0.29) is 18.8 Å². The van der Waals surface area contributed by atoms with Crippen LogP contribution in [0.1, 0.15) is 6.42 Å². The number of ether oxygens (including phenoxy) is 1. The van der Waals surface area contributed by atoms with E-state index < -0.39 is 26.6 Å². The second-order valence-electron chi connectivity index (χ2n) is 4.72. The van der Waals surface area contributed by atoms with Gasteiger partial charge in [0, 0.05) is 25.9 Å². The Balaban J connectivity index is 2.32. The fraction of sp³-hybridized carbons (Fsp3) is 0.385. The highest BCUT2D eigenvalue weighted by atomic mass is 32.2. The molecule has 0 aliphatic carbocycles. The summed E-state index contributed by atoms with van der Waals surface area (Å²) in [4.78, 5) is -0.958. The molecule has 0 saturated heterocycles. The molecule has 0 unspecified atom stereocenters. The van der Waals surface area contributed by atoms with Crippen LogP contribution in [0.15, 0.2) is 28.7 Å². The molecule has 5 nitrogen and oxygen atoms in total. The van der Waals surface area contributed by atoms with Crippen LogP contribution in [0.3, 0.4) is 0 Å². The number of rotatable bonds is 4. The highest BCUT2D eigenvalue weighted by Gasteiger charge is 2.31. The predicted molar refractivity (Wildman–Crippen MR) is 74.1 cm³/mol. The quantitative estimate of drug-likeness (QED) is 0.675. The van der Waals surface area contributed by atoms with Gasteiger partial charge >= 0.3 is 0 Å². The molecule has 0 atom stereocenters. The van der Waals surface area contributed by atoms with Gasteiger partial charge < -0.3 is 10.5 Å². The minimum atomic E-state index is -4.24. The largest absolute Gasteiger partial charge is 0.399 e. The number of anilines is 1. The fourth-order valence-corrected chi connectivity index (χ4v) is 3.65. The molecule has 21 heavy (non-hydrogen) atoms. The average Bonchev–Trinajstić information content (AvgIpc) is 2.38. The zero-order valence-corrected chi connectivity index (χ0v) is 12.3. The molecule has 0 bridgehead atoms. The van der Waals surface area contributed by atoms with Crippen LogP contribution < -0.4 is 5.73 Å². The van der Waals surface area contributed by atoms with E-state index >= 15 is 0 Å². The smallest absolute Gasteiger partial charge is 0.249 e. The Morgan fingerprint density at radius 1 is 1.33 bits per heavy atom. The number of halogens is 2. The molecule has 0 saturated carbocycles. The Morgan fingerprint density at radius 3 is 2.43 bits per heavy atom. The molecule has 2 N–H and O–H groups in total. The summed E-state index contributed by atoms with van der Waals surface area (Å²) in [5.41, 5.74) is 6.09. The summed E-state index contributed by atoms with van der Waals surface area (Å²) in [6.07, 6.45) is 2.16. The minimum absolute atomic E-state index is 0.0598. The normalized spacial score (nSPS) is 16.8. The van der Waals surface area contributed by atoms with Crippen molar-refractivity contribution in [3.8, 4) is 0 Å². The number of nitrogens with zero attached hydrogens (tertiary/aromatic N) is 1. The van der Waals surface area contributed by atoms with Crippen LogP contribution in [0.2, 0.25) is 0 Å². The lowest BCUT2D eigenvalue weighted by Crippen LogP contribution is -2.36. The highest BCUT2D eigenvalue weighted by Crippen LogP contribution is 2.26. The maximum Gasteiger partial charge on any atom is 0.249 e. The minimum Gasteiger partial charge on any atom is -0.399 e. The summed E-state index contributed by atoms with van der Waals surface area (Å²) < 4.78 is 58.3. The van der Waals surface area contributed by atoms with Gasteiger partial charge in [0.15, 0.2) is 4.90 Å². The topological polar surface area (TPSA) is 72.6 Å². The predicted octanol–water partition coefficient (Wildman–Crippen LogP) is 1.51. The maximum atomic E-state index is 13.8. The first-order valence-electron chi connectivity index (χ1n) is 6.27. The van der Waals surface area contributed by atoms with Crippen LogP contribution in [-0.4, -0.2) is 39.5 Å². The van der Waals surface area contributed by atoms with Crippen LogP contribution in [-0.2, 0) is 14.8 Å². The second-order valence-corrected chi connectivity index (χ2v) is 6.60. The summed E-state index contributed by atoms with van der Waals surface area (Å²) in [5, 5.41) is 0. The molecule has 1 aromatic carbocycles. The van der Waals surface area contributed by atoms with Gasteiger partial charge in [-0.15, -0.1) is 0 Å². The lowest BCUT2D eigenvalue weighted by atomic mass is 10.1. The average molecular weight is 318 g/mol. The third-order valence-electron chi connectivity index (χ3n) is 3.21. The van der Waals surface area contributed by atoms with E-state index in [1.165, 1.54) is 0 Å². The Bertz CT molecular complexity index is 651. The van der Waals surface area contributed by atoms with Crippen molar-refractivity contribution < 1.29 is 21.9 Å². The second kappa shape index (κ2) is 6.08. The molecule has 0 radical (unpaired) electrons. The molecule has 1 heterocycles. The first kappa shape index (κ1) is 15.9. The van der Waals surface area contributed by atoms with Crippen LogP contribution >= 0.6 is 0 Å². The van der Waals surface area contributed by atoms with Crippen molar-refractivity contribution in [2.45, 2.75) is 11.3 Å². The fourth-order valence-electron chi connectivity index (χ4n) is 2.18. The van der Waals surface area contributed by atoms with Gasteiger partial charge in [0.25, 0.3) is 0 Å². The summed E-state index contributed by atoms with van der Waals surface area (Å²) in [6, 6.07) is 1.60. The van der Waals surface area contributed by atoms with Crippen molar-refractivity contribution >= 4 is 15.7 Å². The summed E-state index contributed by atoms with van der Waals surface area (Å²) >= 11 is 0. The van der Waals surface area contributed by atoms with Crippen LogP contribution in [0, 0.1) is 11.6 Å². The van der Waals surface area contributed by atoms with Gasteiger partial charge in [0.2, 0.25) is 10.0 Å². The molecule has 0 spiro atoms. The van der Waals surface area contributed by atoms with Crippen molar-refractivity contribution in [2.24, 2.45) is 0 Å². The van der Waals surface area contributed by atoms with Crippen molar-refractivity contribution in [3.63, 3.8) is 0 Å². The molecular formula is C13H16F2N2O3S. The Morgan fingerprint density at radius 2 is 1.95 bits per heavy atom. The molecule has 8 heteroatoms. The van der Waals surface area contributed by atoms with E-state index in [0.717, 1.165) is 22.0 Å². The summed E-state index contributed by atoms with van der Waals surface area (Å²) in [7, 11) is -2.69. The molecule has 0 fully saturated rings. The van der Waals surface area contributed by atoms with Crippen molar-refractivity contribution in [1.29, 1.82) is 0 Å². The van der Waals surface area contributed by atoms with Crippen LogP contribution in [0.25, 0.3) is 0 Å². The number of hydrogen-bond donors (Lipinski definition) is 1. The van der Waals surface area contributed by atoms with E-state index in [9.17, 15) is 17.2 Å². The van der Waals surface area contributed by atoms with Gasteiger partial charge in [0.1, 0.15) is 11.6 Å². The maximum absolute atomic E-state index is 13.8. The van der Waals surface area contributed by atoms with Crippen LogP contribution in [0.4, 0.5) is 14.5 Å². The lowest BCUT2D eigenvalue weighted by Gasteiger charge is -2.26. The Hall–Kier alpha value is -1.51. The van der Waals surface area contributed by atoms with Crippen LogP contribution in [0.5, 0.6) is 0 Å². The van der Waals surface area contributed by atoms with Crippen molar-refractivity contribution in [2.75, 3.05) is 32.5 Å². The molecule has 0 amide bonds. The number of benzene rings is 1. The van der Waals surface area contributed by atoms with E-state index in [0.29, 0.717) is 13.0 Å². The molecule has 1 aliphatic rings. The van der Waals surface area contributed by atoms with Gasteiger partial charge in [-0.1, -0.05) is 6.08 Å².